The Morgan fingerprint density at radius 2 is 1.70 bits per heavy atom. The summed E-state index contributed by atoms with van der Waals surface area (Å²) in [7, 11) is 0. The van der Waals surface area contributed by atoms with E-state index in [4.69, 9.17) is 0 Å². The quantitative estimate of drug-likeness (QED) is 0.883. The molecular weight excluding hydrogens is 246 g/mol. The average molecular weight is 271 g/mol. The monoisotopic (exact) mass is 271 g/mol. The largest absolute Gasteiger partial charge is 0.353 e. The summed E-state index contributed by atoms with van der Waals surface area (Å²) >= 11 is 0. The fourth-order valence-corrected chi connectivity index (χ4v) is 3.31. The molecule has 2 heteroatoms. The summed E-state index contributed by atoms with van der Waals surface area (Å²) in [6.45, 7) is 2.14. The van der Waals surface area contributed by atoms with Crippen LogP contribution in [0.25, 0.3) is 0 Å². The number of carbonyl (C=O) groups is 1. The van der Waals surface area contributed by atoms with E-state index >= 15 is 0 Å². The third kappa shape index (κ3) is 3.62. The SMILES string of the molecule is Cc1ccc(C2CCC(CC(=O)NC3CC3)CC2)cc1. The first-order valence-electron chi connectivity index (χ1n) is 8.06. The van der Waals surface area contributed by atoms with E-state index < -0.39 is 0 Å². The summed E-state index contributed by atoms with van der Waals surface area (Å²) in [6, 6.07) is 9.49. The lowest BCUT2D eigenvalue weighted by Crippen LogP contribution is -2.28. The minimum Gasteiger partial charge on any atom is -0.353 e. The number of hydrogen-bond donors (Lipinski definition) is 1. The Balaban J connectivity index is 1.46. The maximum atomic E-state index is 11.8. The maximum absolute atomic E-state index is 11.8. The minimum absolute atomic E-state index is 0.284. The van der Waals surface area contributed by atoms with Crippen molar-refractivity contribution in [3.05, 3.63) is 35.4 Å². The first kappa shape index (κ1) is 13.7. The van der Waals surface area contributed by atoms with Crippen LogP contribution in [0.3, 0.4) is 0 Å². The molecule has 0 aliphatic heterocycles. The Labute approximate surface area is 122 Å². The third-order valence-electron chi connectivity index (χ3n) is 4.81. The zero-order valence-corrected chi connectivity index (χ0v) is 12.4. The molecule has 2 aliphatic carbocycles. The van der Waals surface area contributed by atoms with Crippen LogP contribution in [-0.4, -0.2) is 11.9 Å². The van der Waals surface area contributed by atoms with Gasteiger partial charge in [-0.1, -0.05) is 29.8 Å². The lowest BCUT2D eigenvalue weighted by atomic mass is 9.77. The molecule has 0 unspecified atom stereocenters. The molecule has 1 N–H and O–H groups in total. The molecule has 2 aliphatic rings. The molecule has 20 heavy (non-hydrogen) atoms. The lowest BCUT2D eigenvalue weighted by molar-refractivity contribution is -0.122. The highest BCUT2D eigenvalue weighted by Crippen LogP contribution is 2.37. The van der Waals surface area contributed by atoms with E-state index in [2.05, 4.69) is 36.5 Å². The van der Waals surface area contributed by atoms with E-state index in [1.807, 2.05) is 0 Å². The Hall–Kier alpha value is -1.31. The number of amides is 1. The van der Waals surface area contributed by atoms with Gasteiger partial charge in [-0.3, -0.25) is 4.79 Å². The third-order valence-corrected chi connectivity index (χ3v) is 4.81. The molecule has 0 radical (unpaired) electrons. The number of rotatable bonds is 4. The number of benzene rings is 1. The van der Waals surface area contributed by atoms with Crippen molar-refractivity contribution in [3.63, 3.8) is 0 Å². The highest BCUT2D eigenvalue weighted by molar-refractivity contribution is 5.76. The van der Waals surface area contributed by atoms with Crippen LogP contribution in [0.2, 0.25) is 0 Å². The fourth-order valence-electron chi connectivity index (χ4n) is 3.31. The van der Waals surface area contributed by atoms with Gasteiger partial charge in [0.05, 0.1) is 0 Å². The fraction of sp³-hybridized carbons (Fsp3) is 0.611. The lowest BCUT2D eigenvalue weighted by Gasteiger charge is -2.28. The average Bonchev–Trinajstić information content (AvgIpc) is 3.24. The van der Waals surface area contributed by atoms with Gasteiger partial charge in [-0.05, 0) is 62.8 Å². The molecular formula is C18H25NO. The predicted molar refractivity (Wildman–Crippen MR) is 81.7 cm³/mol. The molecule has 108 valence electrons. The molecule has 2 nitrogen and oxygen atoms in total. The summed E-state index contributed by atoms with van der Waals surface area (Å²) in [6.07, 6.45) is 8.01. The minimum atomic E-state index is 0.284. The van der Waals surface area contributed by atoms with E-state index in [-0.39, 0.29) is 5.91 Å². The van der Waals surface area contributed by atoms with Gasteiger partial charge in [0.15, 0.2) is 0 Å². The first-order chi connectivity index (χ1) is 9.70. The molecule has 0 spiro atoms. The van der Waals surface area contributed by atoms with Crippen molar-refractivity contribution >= 4 is 5.91 Å². The van der Waals surface area contributed by atoms with Crippen LogP contribution >= 0.6 is 0 Å². The maximum Gasteiger partial charge on any atom is 0.220 e. The van der Waals surface area contributed by atoms with E-state index in [0.717, 1.165) is 6.42 Å². The highest BCUT2D eigenvalue weighted by atomic mass is 16.1. The van der Waals surface area contributed by atoms with Crippen LogP contribution in [0, 0.1) is 12.8 Å². The van der Waals surface area contributed by atoms with Crippen molar-refractivity contribution in [2.24, 2.45) is 5.92 Å². The van der Waals surface area contributed by atoms with Crippen molar-refractivity contribution in [1.29, 1.82) is 0 Å². The Kier molecular flexibility index (Phi) is 4.09. The topological polar surface area (TPSA) is 29.1 Å². The second kappa shape index (κ2) is 5.99. The van der Waals surface area contributed by atoms with Gasteiger partial charge in [0.1, 0.15) is 0 Å². The number of hydrogen-bond acceptors (Lipinski definition) is 1. The molecule has 0 atom stereocenters. The van der Waals surface area contributed by atoms with Gasteiger partial charge in [0.2, 0.25) is 5.91 Å². The standard InChI is InChI=1S/C18H25NO/c1-13-2-6-15(7-3-13)16-8-4-14(5-9-16)12-18(20)19-17-10-11-17/h2-3,6-7,14,16-17H,4-5,8-12H2,1H3,(H,19,20). The molecule has 0 bridgehead atoms. The molecule has 1 aromatic carbocycles. The Morgan fingerprint density at radius 3 is 2.30 bits per heavy atom. The van der Waals surface area contributed by atoms with Gasteiger partial charge in [-0.15, -0.1) is 0 Å². The van der Waals surface area contributed by atoms with Crippen LogP contribution < -0.4 is 5.32 Å². The molecule has 2 saturated carbocycles. The summed E-state index contributed by atoms with van der Waals surface area (Å²) in [5, 5.41) is 3.11. The number of aryl methyl sites for hydroxylation is 1. The van der Waals surface area contributed by atoms with E-state index in [1.54, 1.807) is 0 Å². The smallest absolute Gasteiger partial charge is 0.220 e. The van der Waals surface area contributed by atoms with Gasteiger partial charge in [0.25, 0.3) is 0 Å². The summed E-state index contributed by atoms with van der Waals surface area (Å²) in [4.78, 5) is 11.8. The summed E-state index contributed by atoms with van der Waals surface area (Å²) in [5.41, 5.74) is 2.82. The van der Waals surface area contributed by atoms with Gasteiger partial charge < -0.3 is 5.32 Å². The Bertz CT molecular complexity index is 453. The molecule has 1 aromatic rings. The second-order valence-electron chi connectivity index (χ2n) is 6.67. The van der Waals surface area contributed by atoms with E-state index in [1.165, 1.54) is 49.7 Å². The van der Waals surface area contributed by atoms with Crippen LogP contribution in [0.15, 0.2) is 24.3 Å². The van der Waals surface area contributed by atoms with Gasteiger partial charge in [-0.2, -0.15) is 0 Å². The Morgan fingerprint density at radius 1 is 1.05 bits per heavy atom. The molecule has 0 saturated heterocycles. The first-order valence-corrected chi connectivity index (χ1v) is 8.06. The van der Waals surface area contributed by atoms with Crippen LogP contribution in [0.4, 0.5) is 0 Å². The molecule has 3 rings (SSSR count). The van der Waals surface area contributed by atoms with Crippen molar-refractivity contribution in [3.8, 4) is 0 Å². The van der Waals surface area contributed by atoms with Crippen molar-refractivity contribution < 1.29 is 4.79 Å². The van der Waals surface area contributed by atoms with Crippen molar-refractivity contribution in [2.45, 2.75) is 63.8 Å². The molecule has 0 aromatic heterocycles. The van der Waals surface area contributed by atoms with Crippen LogP contribution in [0.5, 0.6) is 0 Å². The normalized spacial score (nSPS) is 26.2. The predicted octanol–water partition coefficient (Wildman–Crippen LogP) is 3.94. The zero-order valence-electron chi connectivity index (χ0n) is 12.4. The van der Waals surface area contributed by atoms with Gasteiger partial charge in [0, 0.05) is 12.5 Å². The van der Waals surface area contributed by atoms with Gasteiger partial charge in [-0.25, -0.2) is 0 Å². The van der Waals surface area contributed by atoms with E-state index in [9.17, 15) is 4.79 Å². The van der Waals surface area contributed by atoms with Crippen molar-refractivity contribution in [2.75, 3.05) is 0 Å². The zero-order chi connectivity index (χ0) is 13.9. The van der Waals surface area contributed by atoms with Crippen molar-refractivity contribution in [1.82, 2.24) is 5.32 Å². The van der Waals surface area contributed by atoms with Gasteiger partial charge >= 0.3 is 0 Å². The summed E-state index contributed by atoms with van der Waals surface area (Å²) in [5.74, 6) is 1.60. The number of nitrogens with one attached hydrogen (secondary N) is 1. The van der Waals surface area contributed by atoms with Crippen LogP contribution in [-0.2, 0) is 4.79 Å². The number of carbonyl (C=O) groups excluding carboxylic acids is 1. The molecule has 1 amide bonds. The second-order valence-corrected chi connectivity index (χ2v) is 6.67. The molecule has 2 fully saturated rings. The summed E-state index contributed by atoms with van der Waals surface area (Å²) < 4.78 is 0. The molecule has 0 heterocycles. The van der Waals surface area contributed by atoms with Crippen LogP contribution in [0.1, 0.15) is 62.0 Å². The highest BCUT2D eigenvalue weighted by Gasteiger charge is 2.27. The van der Waals surface area contributed by atoms with E-state index in [0.29, 0.717) is 17.9 Å².